The van der Waals surface area contributed by atoms with E-state index in [-0.39, 0.29) is 11.3 Å². The van der Waals surface area contributed by atoms with Crippen LogP contribution in [0.2, 0.25) is 0 Å². The molecule has 0 spiro atoms. The fraction of sp³-hybridized carbons (Fsp3) is 0.133. The molecular weight excluding hydrogens is 468 g/mol. The van der Waals surface area contributed by atoms with Crippen molar-refractivity contribution in [2.24, 2.45) is 0 Å². The van der Waals surface area contributed by atoms with Gasteiger partial charge in [-0.3, -0.25) is 14.5 Å². The molecule has 1 fully saturated rings. The Morgan fingerprint density at radius 2 is 1.62 bits per heavy atom. The number of anilines is 3. The first-order valence-electron chi connectivity index (χ1n) is 11.8. The van der Waals surface area contributed by atoms with Crippen molar-refractivity contribution in [3.05, 3.63) is 113 Å². The number of Topliss-reactive ketones (excluding diaryl/α,β-unsaturated/α-hetero) is 1. The first kappa shape index (κ1) is 23.9. The van der Waals surface area contributed by atoms with Crippen LogP contribution < -0.4 is 15.0 Å². The van der Waals surface area contributed by atoms with Crippen LogP contribution in [-0.4, -0.2) is 23.9 Å². The number of aliphatic hydroxyl groups is 1. The molecule has 7 heteroatoms. The molecule has 7 nitrogen and oxygen atoms in total. The number of nitrogens with one attached hydrogen (secondary N) is 1. The van der Waals surface area contributed by atoms with E-state index >= 15 is 0 Å². The Kier molecular flexibility index (Phi) is 6.27. The van der Waals surface area contributed by atoms with E-state index in [9.17, 15) is 14.7 Å². The molecule has 1 saturated heterocycles. The maximum atomic E-state index is 13.3. The topological polar surface area (TPSA) is 92.0 Å². The Labute approximate surface area is 214 Å². The van der Waals surface area contributed by atoms with Crippen LogP contribution in [0.25, 0.3) is 5.76 Å². The number of rotatable bonds is 6. The molecule has 0 aliphatic carbocycles. The van der Waals surface area contributed by atoms with Gasteiger partial charge in [0.2, 0.25) is 0 Å². The Morgan fingerprint density at radius 1 is 0.919 bits per heavy atom. The van der Waals surface area contributed by atoms with Crippen molar-refractivity contribution in [1.29, 1.82) is 0 Å². The average molecular weight is 495 g/mol. The number of nitrogens with zero attached hydrogens (tertiary/aromatic N) is 1. The van der Waals surface area contributed by atoms with Gasteiger partial charge in [0.1, 0.15) is 23.3 Å². The molecule has 0 radical (unpaired) electrons. The lowest BCUT2D eigenvalue weighted by Crippen LogP contribution is -2.29. The van der Waals surface area contributed by atoms with Crippen LogP contribution >= 0.6 is 0 Å². The van der Waals surface area contributed by atoms with Gasteiger partial charge in [0.25, 0.3) is 11.7 Å². The summed E-state index contributed by atoms with van der Waals surface area (Å²) in [6.45, 7) is 3.66. The van der Waals surface area contributed by atoms with Gasteiger partial charge in [0, 0.05) is 22.6 Å². The third-order valence-electron chi connectivity index (χ3n) is 6.46. The molecular formula is C30H26N2O5. The van der Waals surface area contributed by atoms with Crippen molar-refractivity contribution >= 4 is 34.5 Å². The number of ether oxygens (including phenoxy) is 1. The number of amides is 1. The van der Waals surface area contributed by atoms with Gasteiger partial charge in [-0.25, -0.2) is 0 Å². The lowest BCUT2D eigenvalue weighted by atomic mass is 9.95. The maximum absolute atomic E-state index is 13.3. The number of carbonyl (C=O) groups excluding carboxylic acids is 2. The van der Waals surface area contributed by atoms with Crippen LogP contribution in [0.3, 0.4) is 0 Å². The van der Waals surface area contributed by atoms with Gasteiger partial charge in [-0.15, -0.1) is 0 Å². The maximum Gasteiger partial charge on any atom is 0.300 e. The van der Waals surface area contributed by atoms with Crippen LogP contribution in [0.5, 0.6) is 5.75 Å². The summed E-state index contributed by atoms with van der Waals surface area (Å²) >= 11 is 0. The van der Waals surface area contributed by atoms with Gasteiger partial charge in [-0.1, -0.05) is 18.2 Å². The third-order valence-corrected chi connectivity index (χ3v) is 6.46. The molecule has 1 amide bonds. The Morgan fingerprint density at radius 3 is 2.27 bits per heavy atom. The number of furan rings is 1. The second kappa shape index (κ2) is 9.70. The SMILES string of the molecule is COc1cc(C)c(/C(O)=C2/C(=O)C(=O)N(c3ccc(Nc4ccccc4)cc3)C2c2ccco2)cc1C. The molecule has 1 aliphatic rings. The van der Waals surface area contributed by atoms with E-state index in [4.69, 9.17) is 9.15 Å². The monoisotopic (exact) mass is 494 g/mol. The highest BCUT2D eigenvalue weighted by atomic mass is 16.5. The molecule has 186 valence electrons. The summed E-state index contributed by atoms with van der Waals surface area (Å²) in [5, 5.41) is 14.7. The van der Waals surface area contributed by atoms with E-state index in [1.54, 1.807) is 43.5 Å². The van der Waals surface area contributed by atoms with Crippen LogP contribution in [0.4, 0.5) is 17.1 Å². The highest BCUT2D eigenvalue weighted by molar-refractivity contribution is 6.51. The molecule has 1 unspecified atom stereocenters. The van der Waals surface area contributed by atoms with E-state index in [0.717, 1.165) is 16.9 Å². The van der Waals surface area contributed by atoms with Crippen LogP contribution in [0.15, 0.2) is 95.1 Å². The van der Waals surface area contributed by atoms with Crippen molar-refractivity contribution in [3.8, 4) is 5.75 Å². The predicted molar refractivity (Wildman–Crippen MR) is 142 cm³/mol. The lowest BCUT2D eigenvalue weighted by molar-refractivity contribution is -0.132. The van der Waals surface area contributed by atoms with E-state index in [1.807, 2.05) is 56.3 Å². The molecule has 1 aliphatic heterocycles. The first-order chi connectivity index (χ1) is 17.9. The lowest BCUT2D eigenvalue weighted by Gasteiger charge is -2.24. The number of hydrogen-bond donors (Lipinski definition) is 2. The molecule has 1 atom stereocenters. The van der Waals surface area contributed by atoms with Crippen LogP contribution in [-0.2, 0) is 9.59 Å². The van der Waals surface area contributed by atoms with Crippen LogP contribution in [0.1, 0.15) is 28.5 Å². The standard InChI is InChI=1S/C30H26N2O5/c1-18-17-25(36-3)19(2)16-23(18)28(33)26-27(24-10-7-15-37-24)32(30(35)29(26)34)22-13-11-21(12-14-22)31-20-8-5-4-6-9-20/h4-17,27,31,33H,1-3H3/b28-26-. The first-order valence-corrected chi connectivity index (χ1v) is 11.8. The van der Waals surface area contributed by atoms with Crippen molar-refractivity contribution in [1.82, 2.24) is 0 Å². The minimum atomic E-state index is -0.926. The van der Waals surface area contributed by atoms with Gasteiger partial charge in [0.15, 0.2) is 0 Å². The summed E-state index contributed by atoms with van der Waals surface area (Å²) < 4.78 is 11.0. The number of aliphatic hydroxyl groups excluding tert-OH is 1. The summed E-state index contributed by atoms with van der Waals surface area (Å²) in [7, 11) is 1.57. The fourth-order valence-electron chi connectivity index (χ4n) is 4.62. The van der Waals surface area contributed by atoms with E-state index < -0.39 is 17.7 Å². The minimum absolute atomic E-state index is 0.0286. The Balaban J connectivity index is 1.58. The fourth-order valence-corrected chi connectivity index (χ4v) is 4.62. The average Bonchev–Trinajstić information content (AvgIpc) is 3.53. The molecule has 2 heterocycles. The van der Waals surface area contributed by atoms with Gasteiger partial charge in [-0.05, 0) is 85.6 Å². The Hall–Kier alpha value is -4.78. The minimum Gasteiger partial charge on any atom is -0.507 e. The number of aryl methyl sites for hydroxylation is 2. The molecule has 0 bridgehead atoms. The zero-order valence-electron chi connectivity index (χ0n) is 20.7. The molecule has 5 rings (SSSR count). The number of benzene rings is 3. The predicted octanol–water partition coefficient (Wildman–Crippen LogP) is 6.27. The van der Waals surface area contributed by atoms with Gasteiger partial charge in [0.05, 0.1) is 18.9 Å². The molecule has 0 saturated carbocycles. The molecule has 2 N–H and O–H groups in total. The highest BCUT2D eigenvalue weighted by Crippen LogP contribution is 2.43. The second-order valence-electron chi connectivity index (χ2n) is 8.86. The summed E-state index contributed by atoms with van der Waals surface area (Å²) in [4.78, 5) is 28.1. The van der Waals surface area contributed by atoms with Crippen molar-refractivity contribution < 1.29 is 23.8 Å². The van der Waals surface area contributed by atoms with Crippen LogP contribution in [0, 0.1) is 13.8 Å². The summed E-state index contributed by atoms with van der Waals surface area (Å²) in [5.41, 5.74) is 4.18. The van der Waals surface area contributed by atoms with Crippen molar-refractivity contribution in [2.45, 2.75) is 19.9 Å². The highest BCUT2D eigenvalue weighted by Gasteiger charge is 2.48. The van der Waals surface area contributed by atoms with Gasteiger partial charge < -0.3 is 19.6 Å². The number of methoxy groups -OCH3 is 1. The van der Waals surface area contributed by atoms with E-state index in [2.05, 4.69) is 5.32 Å². The molecule has 37 heavy (non-hydrogen) atoms. The number of hydrogen-bond acceptors (Lipinski definition) is 6. The molecule has 4 aromatic rings. The van der Waals surface area contributed by atoms with Crippen molar-refractivity contribution in [3.63, 3.8) is 0 Å². The van der Waals surface area contributed by atoms with Gasteiger partial charge in [-0.2, -0.15) is 0 Å². The summed E-state index contributed by atoms with van der Waals surface area (Å²) in [6.07, 6.45) is 1.48. The quantitative estimate of drug-likeness (QED) is 0.186. The second-order valence-corrected chi connectivity index (χ2v) is 8.86. The number of ketones is 1. The number of carbonyl (C=O) groups is 2. The third kappa shape index (κ3) is 4.36. The number of para-hydroxylation sites is 1. The Bertz CT molecular complexity index is 1490. The normalized spacial score (nSPS) is 16.7. The smallest absolute Gasteiger partial charge is 0.300 e. The van der Waals surface area contributed by atoms with E-state index in [1.165, 1.54) is 11.2 Å². The van der Waals surface area contributed by atoms with Crippen molar-refractivity contribution in [2.75, 3.05) is 17.3 Å². The molecule has 3 aromatic carbocycles. The largest absolute Gasteiger partial charge is 0.507 e. The van der Waals surface area contributed by atoms with Gasteiger partial charge >= 0.3 is 0 Å². The van der Waals surface area contributed by atoms with E-state index in [0.29, 0.717) is 28.3 Å². The zero-order chi connectivity index (χ0) is 26.1. The zero-order valence-corrected chi connectivity index (χ0v) is 20.7. The summed E-state index contributed by atoms with van der Waals surface area (Å²) in [6, 6.07) is 22.9. The summed E-state index contributed by atoms with van der Waals surface area (Å²) in [5.74, 6) is -0.739. The molecule has 1 aromatic heterocycles.